The van der Waals surface area contributed by atoms with Gasteiger partial charge in [-0.3, -0.25) is 9.52 Å². The van der Waals surface area contributed by atoms with E-state index >= 15 is 0 Å². The van der Waals surface area contributed by atoms with Crippen LogP contribution in [0, 0.1) is 6.92 Å². The predicted octanol–water partition coefficient (Wildman–Crippen LogP) is 4.61. The lowest BCUT2D eigenvalue weighted by molar-refractivity contribution is 0.102. The molecule has 154 valence electrons. The van der Waals surface area contributed by atoms with Crippen LogP contribution in [0.25, 0.3) is 0 Å². The van der Waals surface area contributed by atoms with Gasteiger partial charge in [-0.25, -0.2) is 8.42 Å². The quantitative estimate of drug-likeness (QED) is 0.519. The average molecular weight is 423 g/mol. The van der Waals surface area contributed by atoms with Crippen molar-refractivity contribution >= 4 is 27.3 Å². The summed E-state index contributed by atoms with van der Waals surface area (Å²) in [5.74, 6) is 0.253. The number of carbonyl (C=O) groups excluding carboxylic acids is 1. The lowest BCUT2D eigenvalue weighted by Gasteiger charge is -2.14. The zero-order valence-corrected chi connectivity index (χ0v) is 17.3. The molecule has 0 heterocycles. The van der Waals surface area contributed by atoms with Gasteiger partial charge in [0.05, 0.1) is 10.6 Å². The molecule has 3 aromatic carbocycles. The van der Waals surface area contributed by atoms with Crippen LogP contribution < -0.4 is 14.8 Å². The highest BCUT2D eigenvalue weighted by molar-refractivity contribution is 7.92. The minimum Gasteiger partial charge on any atom is -0.489 e. The third kappa shape index (κ3) is 5.07. The van der Waals surface area contributed by atoms with Gasteiger partial charge in [-0.1, -0.05) is 43.0 Å². The van der Waals surface area contributed by atoms with Crippen molar-refractivity contribution in [3.05, 3.63) is 96.6 Å². The van der Waals surface area contributed by atoms with E-state index in [1.165, 1.54) is 12.1 Å². The molecule has 0 spiro atoms. The Morgan fingerprint density at radius 1 is 1.03 bits per heavy atom. The summed E-state index contributed by atoms with van der Waals surface area (Å²) in [6, 6.07) is 20.0. The second-order valence-corrected chi connectivity index (χ2v) is 8.16. The molecule has 6 nitrogen and oxygen atoms in total. The molecule has 0 aliphatic rings. The summed E-state index contributed by atoms with van der Waals surface area (Å²) in [6.45, 7) is 5.66. The Hall–Kier alpha value is -3.58. The molecule has 30 heavy (non-hydrogen) atoms. The van der Waals surface area contributed by atoms with Gasteiger partial charge in [0, 0.05) is 17.3 Å². The van der Waals surface area contributed by atoms with Gasteiger partial charge in [0.1, 0.15) is 12.4 Å². The SMILES string of the molecule is C=CCOc1cccc(NC(=O)c2cccc(NS(=O)(=O)c3ccccc3)c2C)c1. The van der Waals surface area contributed by atoms with E-state index in [0.29, 0.717) is 34.9 Å². The van der Waals surface area contributed by atoms with E-state index in [9.17, 15) is 13.2 Å². The molecule has 2 N–H and O–H groups in total. The first-order chi connectivity index (χ1) is 14.4. The predicted molar refractivity (Wildman–Crippen MR) is 119 cm³/mol. The zero-order chi connectivity index (χ0) is 21.6. The van der Waals surface area contributed by atoms with Crippen LogP contribution in [0.4, 0.5) is 11.4 Å². The maximum Gasteiger partial charge on any atom is 0.261 e. The monoisotopic (exact) mass is 422 g/mol. The molecular weight excluding hydrogens is 400 g/mol. The van der Waals surface area contributed by atoms with Crippen molar-refractivity contribution in [1.82, 2.24) is 0 Å². The first kappa shape index (κ1) is 21.1. The molecule has 0 saturated carbocycles. The van der Waals surface area contributed by atoms with Crippen LogP contribution in [-0.4, -0.2) is 20.9 Å². The lowest BCUT2D eigenvalue weighted by atomic mass is 10.1. The van der Waals surface area contributed by atoms with Gasteiger partial charge >= 0.3 is 0 Å². The van der Waals surface area contributed by atoms with Gasteiger partial charge in [0.2, 0.25) is 0 Å². The zero-order valence-electron chi connectivity index (χ0n) is 16.5. The molecule has 0 aliphatic heterocycles. The summed E-state index contributed by atoms with van der Waals surface area (Å²) in [5.41, 5.74) is 1.79. The summed E-state index contributed by atoms with van der Waals surface area (Å²) in [4.78, 5) is 13.0. The number of nitrogens with one attached hydrogen (secondary N) is 2. The Labute approximate surface area is 176 Å². The van der Waals surface area contributed by atoms with Crippen molar-refractivity contribution in [2.24, 2.45) is 0 Å². The number of amides is 1. The molecule has 1 amide bonds. The summed E-state index contributed by atoms with van der Waals surface area (Å²) in [6.07, 6.45) is 1.64. The highest BCUT2D eigenvalue weighted by atomic mass is 32.2. The van der Waals surface area contributed by atoms with E-state index in [1.807, 2.05) is 0 Å². The average Bonchev–Trinajstić information content (AvgIpc) is 2.74. The Kier molecular flexibility index (Phi) is 6.54. The van der Waals surface area contributed by atoms with Crippen LogP contribution in [0.2, 0.25) is 0 Å². The molecule has 7 heteroatoms. The molecule has 0 bridgehead atoms. The lowest BCUT2D eigenvalue weighted by Crippen LogP contribution is -2.17. The minimum absolute atomic E-state index is 0.149. The van der Waals surface area contributed by atoms with Crippen molar-refractivity contribution < 1.29 is 17.9 Å². The molecule has 0 atom stereocenters. The van der Waals surface area contributed by atoms with Crippen molar-refractivity contribution in [3.8, 4) is 5.75 Å². The van der Waals surface area contributed by atoms with Gasteiger partial charge in [0.25, 0.3) is 15.9 Å². The van der Waals surface area contributed by atoms with Crippen LogP contribution in [-0.2, 0) is 10.0 Å². The fourth-order valence-corrected chi connectivity index (χ4v) is 3.96. The number of benzene rings is 3. The van der Waals surface area contributed by atoms with Crippen molar-refractivity contribution in [2.45, 2.75) is 11.8 Å². The fraction of sp³-hybridized carbons (Fsp3) is 0.0870. The standard InChI is InChI=1S/C23H22N2O4S/c1-3-15-29-19-10-7-9-18(16-19)24-23(26)21-13-8-14-22(17(21)2)25-30(27,28)20-11-5-4-6-12-20/h3-14,16,25H,1,15H2,2H3,(H,24,26). The Bertz CT molecular complexity index is 1160. The molecule has 0 unspecified atom stereocenters. The van der Waals surface area contributed by atoms with Gasteiger partial charge < -0.3 is 10.1 Å². The minimum atomic E-state index is -3.76. The third-order valence-corrected chi connectivity index (χ3v) is 5.72. The van der Waals surface area contributed by atoms with Crippen LogP contribution >= 0.6 is 0 Å². The molecule has 0 saturated heterocycles. The molecule has 0 radical (unpaired) electrons. The smallest absolute Gasteiger partial charge is 0.261 e. The molecule has 0 aromatic heterocycles. The van der Waals surface area contributed by atoms with E-state index in [2.05, 4.69) is 16.6 Å². The van der Waals surface area contributed by atoms with E-state index in [4.69, 9.17) is 4.74 Å². The van der Waals surface area contributed by atoms with E-state index in [1.54, 1.807) is 73.7 Å². The molecule has 3 rings (SSSR count). The molecule has 0 aliphatic carbocycles. The summed E-state index contributed by atoms with van der Waals surface area (Å²) in [7, 11) is -3.76. The number of anilines is 2. The van der Waals surface area contributed by atoms with E-state index < -0.39 is 10.0 Å². The van der Waals surface area contributed by atoms with Gasteiger partial charge in [-0.15, -0.1) is 0 Å². The van der Waals surface area contributed by atoms with Crippen LogP contribution in [0.15, 0.2) is 90.3 Å². The highest BCUT2D eigenvalue weighted by Crippen LogP contribution is 2.24. The van der Waals surface area contributed by atoms with Crippen molar-refractivity contribution in [3.63, 3.8) is 0 Å². The number of carbonyl (C=O) groups is 1. The first-order valence-corrected chi connectivity index (χ1v) is 10.7. The second kappa shape index (κ2) is 9.28. The van der Waals surface area contributed by atoms with Crippen LogP contribution in [0.3, 0.4) is 0 Å². The van der Waals surface area contributed by atoms with Gasteiger partial charge in [-0.05, 0) is 48.9 Å². The Morgan fingerprint density at radius 3 is 2.50 bits per heavy atom. The maximum absolute atomic E-state index is 12.8. The normalized spacial score (nSPS) is 10.8. The third-order valence-electron chi connectivity index (χ3n) is 4.34. The van der Waals surface area contributed by atoms with Crippen LogP contribution in [0.5, 0.6) is 5.75 Å². The number of hydrogen-bond acceptors (Lipinski definition) is 4. The van der Waals surface area contributed by atoms with E-state index in [0.717, 1.165) is 0 Å². The molecular formula is C23H22N2O4S. The number of ether oxygens (including phenoxy) is 1. The molecule has 0 fully saturated rings. The summed E-state index contributed by atoms with van der Waals surface area (Å²) in [5, 5.41) is 2.82. The first-order valence-electron chi connectivity index (χ1n) is 9.23. The van der Waals surface area contributed by atoms with Crippen molar-refractivity contribution in [2.75, 3.05) is 16.6 Å². The van der Waals surface area contributed by atoms with Crippen LogP contribution in [0.1, 0.15) is 15.9 Å². The fourth-order valence-electron chi connectivity index (χ4n) is 2.81. The Balaban J connectivity index is 1.81. The molecule has 3 aromatic rings. The number of sulfonamides is 1. The summed E-state index contributed by atoms with van der Waals surface area (Å²) >= 11 is 0. The Morgan fingerprint density at radius 2 is 1.77 bits per heavy atom. The maximum atomic E-state index is 12.8. The van der Waals surface area contributed by atoms with Gasteiger partial charge in [-0.2, -0.15) is 0 Å². The topological polar surface area (TPSA) is 84.5 Å². The van der Waals surface area contributed by atoms with Crippen molar-refractivity contribution in [1.29, 1.82) is 0 Å². The van der Waals surface area contributed by atoms with Gasteiger partial charge in [0.15, 0.2) is 0 Å². The largest absolute Gasteiger partial charge is 0.489 e. The second-order valence-electron chi connectivity index (χ2n) is 6.48. The number of rotatable bonds is 8. The summed E-state index contributed by atoms with van der Waals surface area (Å²) < 4.78 is 33.3. The number of hydrogen-bond donors (Lipinski definition) is 2. The van der Waals surface area contributed by atoms with E-state index in [-0.39, 0.29) is 10.8 Å². The highest BCUT2D eigenvalue weighted by Gasteiger charge is 2.18.